The molecule has 0 aromatic heterocycles. The number of benzene rings is 1. The van der Waals surface area contributed by atoms with Gasteiger partial charge in [0.2, 0.25) is 11.8 Å². The first-order valence-electron chi connectivity index (χ1n) is 9.33. The summed E-state index contributed by atoms with van der Waals surface area (Å²) in [4.78, 5) is 26.3. The van der Waals surface area contributed by atoms with Gasteiger partial charge in [-0.3, -0.25) is 9.59 Å². The number of carbonyl (C=O) groups excluding carboxylic acids is 2. The molecule has 1 fully saturated rings. The summed E-state index contributed by atoms with van der Waals surface area (Å²) >= 11 is 0. The van der Waals surface area contributed by atoms with E-state index >= 15 is 0 Å². The Morgan fingerprint density at radius 3 is 2.68 bits per heavy atom. The Kier molecular flexibility index (Phi) is 5.42. The second kappa shape index (κ2) is 7.56. The summed E-state index contributed by atoms with van der Waals surface area (Å²) in [5, 5.41) is 13.4. The third-order valence-electron chi connectivity index (χ3n) is 5.59. The number of hydrogen-bond donors (Lipinski definition) is 2. The van der Waals surface area contributed by atoms with Crippen LogP contribution in [0.25, 0.3) is 0 Å². The lowest BCUT2D eigenvalue weighted by Crippen LogP contribution is -2.46. The normalized spacial score (nSPS) is 22.2. The maximum atomic E-state index is 12.5. The number of nitrogens with zero attached hydrogens (tertiary/aromatic N) is 1. The number of hydrogen-bond acceptors (Lipinski definition) is 3. The van der Waals surface area contributed by atoms with Crippen LogP contribution in [-0.4, -0.2) is 40.5 Å². The summed E-state index contributed by atoms with van der Waals surface area (Å²) in [5.74, 6) is -0.106. The van der Waals surface area contributed by atoms with Crippen LogP contribution in [0.5, 0.6) is 0 Å². The van der Waals surface area contributed by atoms with E-state index in [1.54, 1.807) is 11.8 Å². The molecule has 2 aliphatic rings. The molecule has 5 nitrogen and oxygen atoms in total. The van der Waals surface area contributed by atoms with Gasteiger partial charge < -0.3 is 15.3 Å². The first kappa shape index (κ1) is 17.9. The number of nitrogens with one attached hydrogen (secondary N) is 1. The van der Waals surface area contributed by atoms with Crippen molar-refractivity contribution in [2.75, 3.05) is 13.1 Å². The predicted molar refractivity (Wildman–Crippen MR) is 95.9 cm³/mol. The Balaban J connectivity index is 1.66. The largest absolute Gasteiger partial charge is 0.388 e. The van der Waals surface area contributed by atoms with Crippen molar-refractivity contribution < 1.29 is 14.7 Å². The molecule has 1 atom stereocenters. The Morgan fingerprint density at radius 2 is 1.96 bits per heavy atom. The fraction of sp³-hybridized carbons (Fsp3) is 0.600. The maximum Gasteiger partial charge on any atom is 0.222 e. The fourth-order valence-corrected chi connectivity index (χ4v) is 4.15. The van der Waals surface area contributed by atoms with E-state index in [-0.39, 0.29) is 24.3 Å². The van der Waals surface area contributed by atoms with E-state index in [4.69, 9.17) is 0 Å². The molecule has 25 heavy (non-hydrogen) atoms. The minimum atomic E-state index is -0.765. The van der Waals surface area contributed by atoms with Gasteiger partial charge in [0.25, 0.3) is 0 Å². The molecule has 136 valence electrons. The first-order valence-corrected chi connectivity index (χ1v) is 9.33. The van der Waals surface area contributed by atoms with Gasteiger partial charge in [0, 0.05) is 20.0 Å². The van der Waals surface area contributed by atoms with E-state index in [0.29, 0.717) is 13.1 Å². The molecule has 1 aliphatic heterocycles. The minimum Gasteiger partial charge on any atom is -0.388 e. The van der Waals surface area contributed by atoms with Crippen LogP contribution in [0.1, 0.15) is 62.6 Å². The van der Waals surface area contributed by atoms with Crippen molar-refractivity contribution in [3.05, 3.63) is 35.4 Å². The van der Waals surface area contributed by atoms with Gasteiger partial charge in [0.15, 0.2) is 0 Å². The summed E-state index contributed by atoms with van der Waals surface area (Å²) in [6, 6.07) is 7.82. The Hall–Kier alpha value is -1.88. The van der Waals surface area contributed by atoms with Crippen LogP contribution in [0, 0.1) is 0 Å². The summed E-state index contributed by atoms with van der Waals surface area (Å²) in [6.07, 6.45) is 5.75. The molecular weight excluding hydrogens is 316 g/mol. The molecule has 0 radical (unpaired) electrons. The number of fused-ring (bicyclic) bond motifs is 1. The number of amides is 2. The molecular formula is C20H28N2O3. The molecule has 3 rings (SSSR count). The van der Waals surface area contributed by atoms with Gasteiger partial charge in [-0.05, 0) is 30.4 Å². The van der Waals surface area contributed by atoms with Crippen LogP contribution < -0.4 is 5.32 Å². The zero-order valence-electron chi connectivity index (χ0n) is 15.0. The van der Waals surface area contributed by atoms with Crippen molar-refractivity contribution >= 4 is 11.8 Å². The van der Waals surface area contributed by atoms with Gasteiger partial charge in [-0.2, -0.15) is 0 Å². The lowest BCUT2D eigenvalue weighted by atomic mass is 9.85. The zero-order valence-corrected chi connectivity index (χ0v) is 15.0. The van der Waals surface area contributed by atoms with Gasteiger partial charge in [0.1, 0.15) is 0 Å². The fourth-order valence-electron chi connectivity index (χ4n) is 4.15. The lowest BCUT2D eigenvalue weighted by Gasteiger charge is -2.37. The number of rotatable bonds is 4. The molecule has 2 amide bonds. The van der Waals surface area contributed by atoms with Crippen LogP contribution in [0.3, 0.4) is 0 Å². The minimum absolute atomic E-state index is 0.00166. The highest BCUT2D eigenvalue weighted by Gasteiger charge is 2.32. The van der Waals surface area contributed by atoms with E-state index in [0.717, 1.165) is 44.1 Å². The van der Waals surface area contributed by atoms with Crippen molar-refractivity contribution in [1.29, 1.82) is 0 Å². The van der Waals surface area contributed by atoms with Gasteiger partial charge in [-0.1, -0.05) is 43.5 Å². The van der Waals surface area contributed by atoms with Gasteiger partial charge in [0.05, 0.1) is 18.1 Å². The third-order valence-corrected chi connectivity index (χ3v) is 5.59. The number of carbonyl (C=O) groups is 2. The standard InChI is InChI=1S/C20H28N2O3/c1-15(23)22-12-9-16-7-3-4-8-17(16)18(22)13-19(24)21-14-20(25)10-5-2-6-11-20/h3-4,7-8,18,25H,2,5-6,9-14H2,1H3,(H,21,24). The van der Waals surface area contributed by atoms with Gasteiger partial charge >= 0.3 is 0 Å². The lowest BCUT2D eigenvalue weighted by molar-refractivity contribution is -0.133. The van der Waals surface area contributed by atoms with E-state index < -0.39 is 5.60 Å². The summed E-state index contributed by atoms with van der Waals surface area (Å²) in [5.41, 5.74) is 1.51. The first-order chi connectivity index (χ1) is 12.0. The van der Waals surface area contributed by atoms with Crippen LogP contribution in [0.2, 0.25) is 0 Å². The van der Waals surface area contributed by atoms with Crippen LogP contribution in [0.15, 0.2) is 24.3 Å². The van der Waals surface area contributed by atoms with Crippen LogP contribution in [0.4, 0.5) is 0 Å². The maximum absolute atomic E-state index is 12.5. The van der Waals surface area contributed by atoms with Crippen LogP contribution >= 0.6 is 0 Å². The molecule has 5 heteroatoms. The van der Waals surface area contributed by atoms with E-state index in [9.17, 15) is 14.7 Å². The second-order valence-electron chi connectivity index (χ2n) is 7.44. The average molecular weight is 344 g/mol. The van der Waals surface area contributed by atoms with E-state index in [1.165, 1.54) is 5.56 Å². The predicted octanol–water partition coefficient (Wildman–Crippen LogP) is 2.33. The summed E-state index contributed by atoms with van der Waals surface area (Å²) in [7, 11) is 0. The Labute approximate surface area is 149 Å². The Morgan fingerprint density at radius 1 is 1.24 bits per heavy atom. The highest BCUT2D eigenvalue weighted by atomic mass is 16.3. The summed E-state index contributed by atoms with van der Waals surface area (Å²) in [6.45, 7) is 2.51. The molecule has 1 heterocycles. The molecule has 1 aromatic carbocycles. The van der Waals surface area contributed by atoms with E-state index in [2.05, 4.69) is 11.4 Å². The smallest absolute Gasteiger partial charge is 0.222 e. The monoisotopic (exact) mass is 344 g/mol. The van der Waals surface area contributed by atoms with Crippen LogP contribution in [-0.2, 0) is 16.0 Å². The molecule has 0 spiro atoms. The molecule has 0 bridgehead atoms. The molecule has 1 aromatic rings. The highest BCUT2D eigenvalue weighted by molar-refractivity contribution is 5.79. The molecule has 1 unspecified atom stereocenters. The zero-order chi connectivity index (χ0) is 17.9. The quantitative estimate of drug-likeness (QED) is 0.881. The molecule has 1 aliphatic carbocycles. The molecule has 1 saturated carbocycles. The van der Waals surface area contributed by atoms with Crippen molar-refractivity contribution in [3.63, 3.8) is 0 Å². The second-order valence-corrected chi connectivity index (χ2v) is 7.44. The molecule has 2 N–H and O–H groups in total. The molecule has 0 saturated heterocycles. The van der Waals surface area contributed by atoms with Gasteiger partial charge in [-0.15, -0.1) is 0 Å². The average Bonchev–Trinajstić information content (AvgIpc) is 2.61. The van der Waals surface area contributed by atoms with E-state index in [1.807, 2.05) is 18.2 Å². The number of aliphatic hydroxyl groups is 1. The van der Waals surface area contributed by atoms with Crippen molar-refractivity contribution in [2.24, 2.45) is 0 Å². The SMILES string of the molecule is CC(=O)N1CCc2ccccc2C1CC(=O)NCC1(O)CCCCC1. The third kappa shape index (κ3) is 4.21. The van der Waals surface area contributed by atoms with Crippen molar-refractivity contribution in [1.82, 2.24) is 10.2 Å². The van der Waals surface area contributed by atoms with Crippen molar-refractivity contribution in [2.45, 2.75) is 63.5 Å². The summed E-state index contributed by atoms with van der Waals surface area (Å²) < 4.78 is 0. The van der Waals surface area contributed by atoms with Gasteiger partial charge in [-0.25, -0.2) is 0 Å². The highest BCUT2D eigenvalue weighted by Crippen LogP contribution is 2.32. The van der Waals surface area contributed by atoms with Crippen molar-refractivity contribution in [3.8, 4) is 0 Å². The Bertz CT molecular complexity index is 638. The topological polar surface area (TPSA) is 69.6 Å².